The van der Waals surface area contributed by atoms with Crippen molar-refractivity contribution in [1.82, 2.24) is 25.5 Å². The van der Waals surface area contributed by atoms with Crippen LogP contribution in [0.25, 0.3) is 20.7 Å². The van der Waals surface area contributed by atoms with Gasteiger partial charge in [-0.2, -0.15) is 0 Å². The van der Waals surface area contributed by atoms with Gasteiger partial charge in [-0.25, -0.2) is 9.97 Å². The molecule has 8 heteroatoms. The standard InChI is InChI=1S/C23H30N6OS/c1-15-13-27-23(26-8-5-10-29-11-9-25-16(2)14-29)28-21(15)20-12-18-17(22(30)24-3)6-4-7-19(18)31-20/h4,6-7,12-13,16,25H,5,8-11,14H2,1-3H3,(H,24,30)(H,26,27,28)/t16-/m0/s1. The summed E-state index contributed by atoms with van der Waals surface area (Å²) in [6, 6.07) is 8.45. The SMILES string of the molecule is CNC(=O)c1cccc2sc(-c3nc(NCCCN4CCN[C@@H](C)C4)ncc3C)cc12. The van der Waals surface area contributed by atoms with Crippen molar-refractivity contribution < 1.29 is 4.79 Å². The molecule has 0 bridgehead atoms. The van der Waals surface area contributed by atoms with Crippen LogP contribution < -0.4 is 16.0 Å². The number of aryl methyl sites for hydroxylation is 1. The van der Waals surface area contributed by atoms with Crippen LogP contribution in [0.5, 0.6) is 0 Å². The van der Waals surface area contributed by atoms with Crippen LogP contribution in [0.15, 0.2) is 30.5 Å². The highest BCUT2D eigenvalue weighted by Gasteiger charge is 2.16. The summed E-state index contributed by atoms with van der Waals surface area (Å²) in [6.07, 6.45) is 2.92. The fraction of sp³-hybridized carbons (Fsp3) is 0.435. The van der Waals surface area contributed by atoms with Crippen LogP contribution in [-0.4, -0.2) is 66.6 Å². The Morgan fingerprint density at radius 3 is 3.06 bits per heavy atom. The molecule has 2 aromatic heterocycles. The zero-order valence-corrected chi connectivity index (χ0v) is 19.2. The molecule has 0 aliphatic carbocycles. The third-order valence-electron chi connectivity index (χ3n) is 5.63. The van der Waals surface area contributed by atoms with Crippen LogP contribution in [0.3, 0.4) is 0 Å². The minimum atomic E-state index is -0.0735. The number of benzene rings is 1. The van der Waals surface area contributed by atoms with Crippen molar-refractivity contribution >= 4 is 33.3 Å². The van der Waals surface area contributed by atoms with Crippen LogP contribution in [-0.2, 0) is 0 Å². The highest BCUT2D eigenvalue weighted by atomic mass is 32.1. The predicted molar refractivity (Wildman–Crippen MR) is 128 cm³/mol. The molecule has 1 aliphatic rings. The van der Waals surface area contributed by atoms with E-state index in [0.29, 0.717) is 17.6 Å². The molecule has 1 amide bonds. The summed E-state index contributed by atoms with van der Waals surface area (Å²) < 4.78 is 1.08. The maximum absolute atomic E-state index is 12.2. The van der Waals surface area contributed by atoms with Gasteiger partial charge in [-0.05, 0) is 50.6 Å². The smallest absolute Gasteiger partial charge is 0.251 e. The molecule has 164 valence electrons. The van der Waals surface area contributed by atoms with Crippen molar-refractivity contribution in [2.24, 2.45) is 0 Å². The second-order valence-corrected chi connectivity index (χ2v) is 9.15. The molecule has 7 nitrogen and oxygen atoms in total. The minimum absolute atomic E-state index is 0.0735. The molecule has 1 fully saturated rings. The van der Waals surface area contributed by atoms with E-state index in [1.165, 1.54) is 0 Å². The largest absolute Gasteiger partial charge is 0.355 e. The van der Waals surface area contributed by atoms with Gasteiger partial charge in [0.1, 0.15) is 0 Å². The fourth-order valence-electron chi connectivity index (χ4n) is 4.01. The molecule has 1 aromatic carbocycles. The average Bonchev–Trinajstić information content (AvgIpc) is 3.21. The number of thiophene rings is 1. The van der Waals surface area contributed by atoms with Crippen LogP contribution in [0.2, 0.25) is 0 Å². The Kier molecular flexibility index (Phi) is 6.80. The van der Waals surface area contributed by atoms with Crippen molar-refractivity contribution in [2.75, 3.05) is 45.1 Å². The first kappa shape index (κ1) is 21.7. The van der Waals surface area contributed by atoms with E-state index in [1.807, 2.05) is 31.3 Å². The van der Waals surface area contributed by atoms with E-state index in [2.05, 4.69) is 38.8 Å². The van der Waals surface area contributed by atoms with Gasteiger partial charge in [-0.3, -0.25) is 4.79 Å². The van der Waals surface area contributed by atoms with Gasteiger partial charge in [0, 0.05) is 61.1 Å². The van der Waals surface area contributed by atoms with E-state index in [4.69, 9.17) is 4.98 Å². The lowest BCUT2D eigenvalue weighted by Gasteiger charge is -2.31. The number of piperazine rings is 1. The molecule has 3 N–H and O–H groups in total. The first-order valence-electron chi connectivity index (χ1n) is 10.8. The molecule has 3 aromatic rings. The number of aromatic nitrogens is 2. The van der Waals surface area contributed by atoms with Gasteiger partial charge in [0.2, 0.25) is 5.95 Å². The van der Waals surface area contributed by atoms with Crippen LogP contribution in [0, 0.1) is 6.92 Å². The molecule has 0 radical (unpaired) electrons. The summed E-state index contributed by atoms with van der Waals surface area (Å²) in [6.45, 7) is 9.46. The number of carbonyl (C=O) groups is 1. The third kappa shape index (κ3) is 5.03. The molecule has 0 saturated carbocycles. The van der Waals surface area contributed by atoms with Crippen molar-refractivity contribution in [3.05, 3.63) is 41.6 Å². The van der Waals surface area contributed by atoms with Crippen LogP contribution in [0.1, 0.15) is 29.3 Å². The van der Waals surface area contributed by atoms with Gasteiger partial charge >= 0.3 is 0 Å². The Labute approximate surface area is 187 Å². The lowest BCUT2D eigenvalue weighted by atomic mass is 10.1. The molecular formula is C23H30N6OS. The summed E-state index contributed by atoms with van der Waals surface area (Å²) in [5.41, 5.74) is 2.63. The molecule has 4 rings (SSSR count). The van der Waals surface area contributed by atoms with E-state index < -0.39 is 0 Å². The maximum Gasteiger partial charge on any atom is 0.251 e. The van der Waals surface area contributed by atoms with Crippen LogP contribution >= 0.6 is 11.3 Å². The molecule has 3 heterocycles. The second kappa shape index (κ2) is 9.72. The summed E-state index contributed by atoms with van der Waals surface area (Å²) >= 11 is 1.65. The monoisotopic (exact) mass is 438 g/mol. The Bertz CT molecular complexity index is 1070. The van der Waals surface area contributed by atoms with Gasteiger partial charge in [0.05, 0.1) is 10.6 Å². The quantitative estimate of drug-likeness (QED) is 0.492. The number of nitrogens with zero attached hydrogens (tertiary/aromatic N) is 3. The molecule has 0 unspecified atom stereocenters. The lowest BCUT2D eigenvalue weighted by molar-refractivity contribution is 0.0964. The topological polar surface area (TPSA) is 82.2 Å². The number of amides is 1. The number of carbonyl (C=O) groups excluding carboxylic acids is 1. The molecule has 1 aliphatic heterocycles. The molecule has 1 atom stereocenters. The molecule has 1 saturated heterocycles. The lowest BCUT2D eigenvalue weighted by Crippen LogP contribution is -2.49. The normalized spacial score (nSPS) is 17.1. The zero-order valence-electron chi connectivity index (χ0n) is 18.4. The van der Waals surface area contributed by atoms with Crippen molar-refractivity contribution in [2.45, 2.75) is 26.3 Å². The summed E-state index contributed by atoms with van der Waals surface area (Å²) in [7, 11) is 1.66. The number of anilines is 1. The van der Waals surface area contributed by atoms with E-state index in [9.17, 15) is 4.79 Å². The van der Waals surface area contributed by atoms with E-state index in [1.54, 1.807) is 18.4 Å². The number of hydrogen-bond acceptors (Lipinski definition) is 7. The number of nitrogens with one attached hydrogen (secondary N) is 3. The first-order valence-corrected chi connectivity index (χ1v) is 11.6. The Morgan fingerprint density at radius 2 is 2.26 bits per heavy atom. The molecular weight excluding hydrogens is 408 g/mol. The van der Waals surface area contributed by atoms with Gasteiger partial charge in [0.25, 0.3) is 5.91 Å². The molecule has 31 heavy (non-hydrogen) atoms. The highest BCUT2D eigenvalue weighted by Crippen LogP contribution is 2.35. The maximum atomic E-state index is 12.2. The molecule has 0 spiro atoms. The Hall–Kier alpha value is -2.55. The number of hydrogen-bond donors (Lipinski definition) is 3. The van der Waals surface area contributed by atoms with Crippen molar-refractivity contribution in [1.29, 1.82) is 0 Å². The fourth-order valence-corrected chi connectivity index (χ4v) is 5.15. The zero-order chi connectivity index (χ0) is 21.8. The Balaban J connectivity index is 1.46. The summed E-state index contributed by atoms with van der Waals surface area (Å²) in [5.74, 6) is 0.578. The van der Waals surface area contributed by atoms with Crippen molar-refractivity contribution in [3.63, 3.8) is 0 Å². The predicted octanol–water partition coefficient (Wildman–Crippen LogP) is 3.12. The van der Waals surface area contributed by atoms with Gasteiger partial charge < -0.3 is 20.9 Å². The van der Waals surface area contributed by atoms with Gasteiger partial charge in [0.15, 0.2) is 0 Å². The third-order valence-corrected chi connectivity index (χ3v) is 6.73. The van der Waals surface area contributed by atoms with Crippen molar-refractivity contribution in [3.8, 4) is 10.6 Å². The van der Waals surface area contributed by atoms with Crippen LogP contribution in [0.4, 0.5) is 5.95 Å². The first-order chi connectivity index (χ1) is 15.0. The summed E-state index contributed by atoms with van der Waals surface area (Å²) in [5, 5.41) is 10.5. The van der Waals surface area contributed by atoms with E-state index in [-0.39, 0.29) is 5.91 Å². The minimum Gasteiger partial charge on any atom is -0.355 e. The summed E-state index contributed by atoms with van der Waals surface area (Å²) in [4.78, 5) is 25.0. The number of fused-ring (bicyclic) bond motifs is 1. The number of rotatable bonds is 7. The second-order valence-electron chi connectivity index (χ2n) is 8.07. The van der Waals surface area contributed by atoms with Gasteiger partial charge in [-0.15, -0.1) is 11.3 Å². The highest BCUT2D eigenvalue weighted by molar-refractivity contribution is 7.22. The average molecular weight is 439 g/mol. The van der Waals surface area contributed by atoms with E-state index >= 15 is 0 Å². The van der Waals surface area contributed by atoms with Gasteiger partial charge in [-0.1, -0.05) is 6.07 Å². The van der Waals surface area contributed by atoms with E-state index in [0.717, 1.165) is 65.4 Å². The Morgan fingerprint density at radius 1 is 1.39 bits per heavy atom.